The molecule has 1 fully saturated rings. The van der Waals surface area contributed by atoms with Gasteiger partial charge in [-0.2, -0.15) is 0 Å². The Balaban J connectivity index is 1.91. The molecule has 5 heteroatoms. The van der Waals surface area contributed by atoms with Crippen molar-refractivity contribution in [2.45, 2.75) is 18.9 Å². The molecule has 0 aliphatic carbocycles. The number of nitrogens with zero attached hydrogens (tertiary/aromatic N) is 1. The maximum atomic E-state index is 11.2. The average Bonchev–Trinajstić information content (AvgIpc) is 2.25. The van der Waals surface area contributed by atoms with E-state index in [0.29, 0.717) is 11.1 Å². The van der Waals surface area contributed by atoms with Crippen molar-refractivity contribution >= 4 is 28.2 Å². The third-order valence-electron chi connectivity index (χ3n) is 2.47. The minimum absolute atomic E-state index is 0.399. The van der Waals surface area contributed by atoms with Gasteiger partial charge < -0.3 is 5.32 Å². The Kier molecular flexibility index (Phi) is 3.59. The monoisotopic (exact) mass is 244 g/mol. The molecule has 0 aromatic carbocycles. The topological polar surface area (TPSA) is 42.0 Å². The molecule has 1 aliphatic rings. The second-order valence-corrected chi connectivity index (χ2v) is 5.76. The summed E-state index contributed by atoms with van der Waals surface area (Å²) in [4.78, 5) is 4.17. The van der Waals surface area contributed by atoms with E-state index in [2.05, 4.69) is 10.3 Å². The number of anilines is 1. The van der Waals surface area contributed by atoms with Gasteiger partial charge in [-0.25, -0.2) is 4.98 Å². The smallest absolute Gasteiger partial charge is 0.126 e. The molecular formula is C10H13ClN2OS. The standard InChI is InChI=1S/C10H13ClN2OS/c11-8-1-2-10(12-7-8)13-9-3-5-15(14)6-4-9/h1-2,7,9H,3-6H2,(H,12,13). The molecular weight excluding hydrogens is 232 g/mol. The summed E-state index contributed by atoms with van der Waals surface area (Å²) in [6, 6.07) is 4.09. The first-order valence-electron chi connectivity index (χ1n) is 4.97. The lowest BCUT2D eigenvalue weighted by Crippen LogP contribution is -2.29. The highest BCUT2D eigenvalue weighted by Crippen LogP contribution is 2.16. The first-order chi connectivity index (χ1) is 7.24. The van der Waals surface area contributed by atoms with Crippen LogP contribution in [0.5, 0.6) is 0 Å². The molecule has 0 amide bonds. The normalized spacial score (nSPS) is 26.2. The number of pyridine rings is 1. The minimum atomic E-state index is -0.604. The van der Waals surface area contributed by atoms with Crippen molar-refractivity contribution in [3.63, 3.8) is 0 Å². The van der Waals surface area contributed by atoms with Crippen LogP contribution in [-0.2, 0) is 10.8 Å². The molecule has 82 valence electrons. The lowest BCUT2D eigenvalue weighted by molar-refractivity contribution is 0.622. The van der Waals surface area contributed by atoms with Crippen molar-refractivity contribution in [2.75, 3.05) is 16.8 Å². The van der Waals surface area contributed by atoms with Gasteiger partial charge in [-0.1, -0.05) is 11.6 Å². The zero-order valence-electron chi connectivity index (χ0n) is 8.28. The Labute approximate surface area is 96.7 Å². The van der Waals surface area contributed by atoms with Gasteiger partial charge in [0.15, 0.2) is 0 Å². The molecule has 0 unspecified atom stereocenters. The zero-order valence-corrected chi connectivity index (χ0v) is 9.85. The molecule has 2 rings (SSSR count). The van der Waals surface area contributed by atoms with E-state index in [1.165, 1.54) is 0 Å². The Morgan fingerprint density at radius 2 is 2.13 bits per heavy atom. The van der Waals surface area contributed by atoms with E-state index >= 15 is 0 Å². The second kappa shape index (κ2) is 4.94. The van der Waals surface area contributed by atoms with Gasteiger partial charge in [0.1, 0.15) is 5.82 Å². The van der Waals surface area contributed by atoms with Crippen LogP contribution in [0.1, 0.15) is 12.8 Å². The SMILES string of the molecule is O=S1CCC(Nc2ccc(Cl)cn2)CC1. The second-order valence-electron chi connectivity index (χ2n) is 3.63. The van der Waals surface area contributed by atoms with Crippen molar-refractivity contribution in [1.82, 2.24) is 4.98 Å². The summed E-state index contributed by atoms with van der Waals surface area (Å²) in [7, 11) is -0.604. The zero-order chi connectivity index (χ0) is 10.7. The van der Waals surface area contributed by atoms with Crippen LogP contribution in [-0.4, -0.2) is 26.7 Å². The number of halogens is 1. The van der Waals surface area contributed by atoms with Crippen molar-refractivity contribution in [3.8, 4) is 0 Å². The summed E-state index contributed by atoms with van der Waals surface area (Å²) in [6.45, 7) is 0. The summed E-state index contributed by atoms with van der Waals surface area (Å²) in [5.41, 5.74) is 0. The van der Waals surface area contributed by atoms with Gasteiger partial charge in [-0.05, 0) is 25.0 Å². The number of aromatic nitrogens is 1. The maximum absolute atomic E-state index is 11.2. The van der Waals surface area contributed by atoms with Crippen LogP contribution in [0.15, 0.2) is 18.3 Å². The van der Waals surface area contributed by atoms with E-state index in [9.17, 15) is 4.21 Å². The fourth-order valence-electron chi connectivity index (χ4n) is 1.61. The molecule has 3 nitrogen and oxygen atoms in total. The molecule has 1 N–H and O–H groups in total. The van der Waals surface area contributed by atoms with Crippen LogP contribution >= 0.6 is 11.6 Å². The predicted molar refractivity (Wildman–Crippen MR) is 63.8 cm³/mol. The number of nitrogens with one attached hydrogen (secondary N) is 1. The van der Waals surface area contributed by atoms with Crippen molar-refractivity contribution in [2.24, 2.45) is 0 Å². The fourth-order valence-corrected chi connectivity index (χ4v) is 3.02. The number of rotatable bonds is 2. The van der Waals surface area contributed by atoms with E-state index < -0.39 is 10.8 Å². The predicted octanol–water partition coefficient (Wildman–Crippen LogP) is 2.06. The average molecular weight is 245 g/mol. The first-order valence-corrected chi connectivity index (χ1v) is 6.84. The summed E-state index contributed by atoms with van der Waals surface area (Å²) in [5.74, 6) is 2.44. The van der Waals surface area contributed by atoms with Crippen molar-refractivity contribution in [1.29, 1.82) is 0 Å². The Bertz CT molecular complexity index is 345. The molecule has 1 aliphatic heterocycles. The Hall–Kier alpha value is -0.610. The van der Waals surface area contributed by atoms with Crippen LogP contribution in [0.25, 0.3) is 0 Å². The molecule has 0 saturated carbocycles. The summed E-state index contributed by atoms with van der Waals surface area (Å²) in [5, 5.41) is 3.97. The first kappa shape index (κ1) is 10.9. The van der Waals surface area contributed by atoms with E-state index in [0.717, 1.165) is 30.2 Å². The third kappa shape index (κ3) is 3.18. The van der Waals surface area contributed by atoms with E-state index in [4.69, 9.17) is 11.6 Å². The summed E-state index contributed by atoms with van der Waals surface area (Å²) < 4.78 is 11.2. The number of hydrogen-bond acceptors (Lipinski definition) is 3. The van der Waals surface area contributed by atoms with Gasteiger partial charge in [0.2, 0.25) is 0 Å². The molecule has 0 radical (unpaired) electrons. The van der Waals surface area contributed by atoms with Crippen LogP contribution in [0, 0.1) is 0 Å². The van der Waals surface area contributed by atoms with Crippen molar-refractivity contribution in [3.05, 3.63) is 23.4 Å². The van der Waals surface area contributed by atoms with Crippen LogP contribution in [0.3, 0.4) is 0 Å². The summed E-state index contributed by atoms with van der Waals surface area (Å²) >= 11 is 5.74. The quantitative estimate of drug-likeness (QED) is 0.866. The van der Waals surface area contributed by atoms with Gasteiger partial charge in [0.05, 0.1) is 5.02 Å². The van der Waals surface area contributed by atoms with Gasteiger partial charge in [0, 0.05) is 34.5 Å². The van der Waals surface area contributed by atoms with Crippen molar-refractivity contribution < 1.29 is 4.21 Å². The Morgan fingerprint density at radius 3 is 2.73 bits per heavy atom. The van der Waals surface area contributed by atoms with Crippen LogP contribution in [0.2, 0.25) is 5.02 Å². The van der Waals surface area contributed by atoms with E-state index in [1.54, 1.807) is 6.20 Å². The Morgan fingerprint density at radius 1 is 1.40 bits per heavy atom. The maximum Gasteiger partial charge on any atom is 0.126 e. The number of hydrogen-bond donors (Lipinski definition) is 1. The van der Waals surface area contributed by atoms with E-state index in [-0.39, 0.29) is 0 Å². The van der Waals surface area contributed by atoms with E-state index in [1.807, 2.05) is 12.1 Å². The fraction of sp³-hybridized carbons (Fsp3) is 0.500. The minimum Gasteiger partial charge on any atom is -0.367 e. The van der Waals surface area contributed by atoms with Gasteiger partial charge in [-0.15, -0.1) is 0 Å². The molecule has 15 heavy (non-hydrogen) atoms. The van der Waals surface area contributed by atoms with Crippen LogP contribution < -0.4 is 5.32 Å². The highest BCUT2D eigenvalue weighted by Gasteiger charge is 2.17. The molecule has 2 heterocycles. The van der Waals surface area contributed by atoms with Gasteiger partial charge in [0.25, 0.3) is 0 Å². The molecule has 0 bridgehead atoms. The molecule has 1 aromatic heterocycles. The highest BCUT2D eigenvalue weighted by molar-refractivity contribution is 7.85. The summed E-state index contributed by atoms with van der Waals surface area (Å²) in [6.07, 6.45) is 3.54. The van der Waals surface area contributed by atoms with Gasteiger partial charge >= 0.3 is 0 Å². The lowest BCUT2D eigenvalue weighted by Gasteiger charge is -2.22. The highest BCUT2D eigenvalue weighted by atomic mass is 35.5. The molecule has 1 saturated heterocycles. The van der Waals surface area contributed by atoms with Crippen LogP contribution in [0.4, 0.5) is 5.82 Å². The molecule has 0 spiro atoms. The molecule has 1 aromatic rings. The molecule has 0 atom stereocenters. The lowest BCUT2D eigenvalue weighted by atomic mass is 10.1. The largest absolute Gasteiger partial charge is 0.367 e. The van der Waals surface area contributed by atoms with Gasteiger partial charge in [-0.3, -0.25) is 4.21 Å². The third-order valence-corrected chi connectivity index (χ3v) is 4.07.